The third-order valence-corrected chi connectivity index (χ3v) is 6.75. The molecule has 2 heterocycles. The molecule has 1 unspecified atom stereocenters. The number of hydrogen-bond donors (Lipinski definition) is 0. The van der Waals surface area contributed by atoms with Crippen molar-refractivity contribution >= 4 is 10.0 Å². The highest BCUT2D eigenvalue weighted by molar-refractivity contribution is 7.89. The predicted molar refractivity (Wildman–Crippen MR) is 102 cm³/mol. The Morgan fingerprint density at radius 1 is 1.15 bits per heavy atom. The van der Waals surface area contributed by atoms with Gasteiger partial charge >= 0.3 is 0 Å². The van der Waals surface area contributed by atoms with Crippen molar-refractivity contribution in [3.63, 3.8) is 0 Å². The quantitative estimate of drug-likeness (QED) is 0.776. The maximum atomic E-state index is 12.9. The van der Waals surface area contributed by atoms with Gasteiger partial charge in [-0.2, -0.15) is 4.31 Å². The van der Waals surface area contributed by atoms with E-state index in [4.69, 9.17) is 9.47 Å². The van der Waals surface area contributed by atoms with E-state index >= 15 is 0 Å². The van der Waals surface area contributed by atoms with Crippen LogP contribution in [0.4, 0.5) is 0 Å². The molecule has 27 heavy (non-hydrogen) atoms. The SMILES string of the molecule is COc1ccc(S(=O)(=O)N2CCC(Oc3cc(C)n(C)c(=O)c3)C2)cc1C. The maximum absolute atomic E-state index is 12.9. The lowest BCUT2D eigenvalue weighted by Gasteiger charge is -2.18. The summed E-state index contributed by atoms with van der Waals surface area (Å²) in [4.78, 5) is 12.1. The molecule has 1 fully saturated rings. The fourth-order valence-corrected chi connectivity index (χ4v) is 4.74. The Morgan fingerprint density at radius 3 is 2.52 bits per heavy atom. The van der Waals surface area contributed by atoms with Crippen molar-refractivity contribution in [2.75, 3.05) is 20.2 Å². The maximum Gasteiger partial charge on any atom is 0.254 e. The Morgan fingerprint density at radius 2 is 1.89 bits per heavy atom. The molecule has 1 aromatic heterocycles. The highest BCUT2D eigenvalue weighted by atomic mass is 32.2. The molecule has 7 nitrogen and oxygen atoms in total. The van der Waals surface area contributed by atoms with Crippen LogP contribution in [0.25, 0.3) is 0 Å². The second-order valence-electron chi connectivity index (χ2n) is 6.75. The number of ether oxygens (including phenoxy) is 2. The molecule has 0 aliphatic carbocycles. The first-order valence-electron chi connectivity index (χ1n) is 8.71. The summed E-state index contributed by atoms with van der Waals surface area (Å²) >= 11 is 0. The molecular formula is C19H24N2O5S. The highest BCUT2D eigenvalue weighted by Gasteiger charge is 2.34. The summed E-state index contributed by atoms with van der Waals surface area (Å²) in [5.74, 6) is 1.12. The molecule has 0 amide bonds. The van der Waals surface area contributed by atoms with Crippen LogP contribution in [-0.4, -0.2) is 43.6 Å². The number of aromatic nitrogens is 1. The lowest BCUT2D eigenvalue weighted by atomic mass is 10.2. The van der Waals surface area contributed by atoms with Crippen molar-refractivity contribution in [2.24, 2.45) is 7.05 Å². The molecule has 3 rings (SSSR count). The van der Waals surface area contributed by atoms with Crippen LogP contribution in [-0.2, 0) is 17.1 Å². The van der Waals surface area contributed by atoms with Gasteiger partial charge in [0, 0.05) is 25.4 Å². The van der Waals surface area contributed by atoms with Crippen molar-refractivity contribution in [2.45, 2.75) is 31.3 Å². The first-order chi connectivity index (χ1) is 12.7. The average Bonchev–Trinajstić information content (AvgIpc) is 3.08. The highest BCUT2D eigenvalue weighted by Crippen LogP contribution is 2.27. The predicted octanol–water partition coefficient (Wildman–Crippen LogP) is 1.85. The van der Waals surface area contributed by atoms with Gasteiger partial charge in [0.2, 0.25) is 10.0 Å². The third-order valence-electron chi connectivity index (χ3n) is 4.89. The smallest absolute Gasteiger partial charge is 0.254 e. The third kappa shape index (κ3) is 3.86. The average molecular weight is 392 g/mol. The van der Waals surface area contributed by atoms with Gasteiger partial charge in [-0.25, -0.2) is 8.42 Å². The van der Waals surface area contributed by atoms with Crippen molar-refractivity contribution in [3.8, 4) is 11.5 Å². The summed E-state index contributed by atoms with van der Waals surface area (Å²) < 4.78 is 39.8. The van der Waals surface area contributed by atoms with E-state index < -0.39 is 10.0 Å². The monoisotopic (exact) mass is 392 g/mol. The normalized spacial score (nSPS) is 17.9. The van der Waals surface area contributed by atoms with Crippen LogP contribution in [0.1, 0.15) is 17.7 Å². The molecule has 2 aromatic rings. The Kier molecular flexibility index (Phi) is 5.30. The molecular weight excluding hydrogens is 368 g/mol. The van der Waals surface area contributed by atoms with E-state index in [-0.39, 0.29) is 23.1 Å². The Bertz CT molecular complexity index is 1010. The molecule has 1 saturated heterocycles. The number of nitrogens with zero attached hydrogens (tertiary/aromatic N) is 2. The lowest BCUT2D eigenvalue weighted by Crippen LogP contribution is -2.31. The van der Waals surface area contributed by atoms with Crippen molar-refractivity contribution in [1.82, 2.24) is 8.87 Å². The molecule has 0 bridgehead atoms. The van der Waals surface area contributed by atoms with E-state index in [1.54, 1.807) is 38.4 Å². The number of benzene rings is 1. The topological polar surface area (TPSA) is 77.8 Å². The van der Waals surface area contributed by atoms with Crippen LogP contribution < -0.4 is 15.0 Å². The lowest BCUT2D eigenvalue weighted by molar-refractivity contribution is 0.214. The zero-order valence-electron chi connectivity index (χ0n) is 15.9. The van der Waals surface area contributed by atoms with Crippen LogP contribution in [0.15, 0.2) is 40.0 Å². The Hall–Kier alpha value is -2.32. The molecule has 0 saturated carbocycles. The van der Waals surface area contributed by atoms with Crippen LogP contribution in [0.2, 0.25) is 0 Å². The number of methoxy groups -OCH3 is 1. The minimum Gasteiger partial charge on any atom is -0.496 e. The van der Waals surface area contributed by atoms with E-state index in [2.05, 4.69) is 0 Å². The van der Waals surface area contributed by atoms with E-state index in [1.807, 2.05) is 13.8 Å². The van der Waals surface area contributed by atoms with E-state index in [0.717, 1.165) is 11.3 Å². The standard InChI is InChI=1S/C19H24N2O5S/c1-13-9-17(5-6-18(13)25-4)27(23,24)21-8-7-15(12-21)26-16-10-14(2)20(3)19(22)11-16/h5-6,9-11,15H,7-8,12H2,1-4H3. The van der Waals surface area contributed by atoms with Crippen molar-refractivity contribution < 1.29 is 17.9 Å². The molecule has 1 aliphatic rings. The van der Waals surface area contributed by atoms with E-state index in [1.165, 1.54) is 14.9 Å². The largest absolute Gasteiger partial charge is 0.496 e. The first-order valence-corrected chi connectivity index (χ1v) is 10.2. The fraction of sp³-hybridized carbons (Fsp3) is 0.421. The summed E-state index contributed by atoms with van der Waals surface area (Å²) in [6, 6.07) is 8.05. The molecule has 146 valence electrons. The van der Waals surface area contributed by atoms with Crippen LogP contribution in [0, 0.1) is 13.8 Å². The van der Waals surface area contributed by atoms with Crippen molar-refractivity contribution in [3.05, 3.63) is 51.9 Å². The number of rotatable bonds is 5. The van der Waals surface area contributed by atoms with Crippen molar-refractivity contribution in [1.29, 1.82) is 0 Å². The Labute approximate surface area is 159 Å². The van der Waals surface area contributed by atoms with Gasteiger partial charge in [-0.05, 0) is 50.1 Å². The molecule has 1 atom stereocenters. The summed E-state index contributed by atoms with van der Waals surface area (Å²) in [5, 5.41) is 0. The van der Waals surface area contributed by atoms with Gasteiger partial charge in [0.05, 0.1) is 18.6 Å². The molecule has 0 radical (unpaired) electrons. The van der Waals surface area contributed by atoms with E-state index in [0.29, 0.717) is 24.5 Å². The molecule has 8 heteroatoms. The number of sulfonamides is 1. The van der Waals surface area contributed by atoms with Gasteiger partial charge < -0.3 is 14.0 Å². The molecule has 0 N–H and O–H groups in total. The fourth-order valence-electron chi connectivity index (χ4n) is 3.17. The zero-order valence-corrected chi connectivity index (χ0v) is 16.7. The van der Waals surface area contributed by atoms with E-state index in [9.17, 15) is 13.2 Å². The zero-order chi connectivity index (χ0) is 19.8. The second kappa shape index (κ2) is 7.36. The molecule has 0 spiro atoms. The minimum absolute atomic E-state index is 0.152. The number of aryl methyl sites for hydroxylation is 2. The second-order valence-corrected chi connectivity index (χ2v) is 8.69. The number of hydrogen-bond acceptors (Lipinski definition) is 5. The van der Waals surface area contributed by atoms with Gasteiger partial charge in [0.1, 0.15) is 17.6 Å². The summed E-state index contributed by atoms with van der Waals surface area (Å²) in [5.41, 5.74) is 1.40. The van der Waals surface area contributed by atoms with Crippen LogP contribution in [0.5, 0.6) is 11.5 Å². The van der Waals surface area contributed by atoms with Crippen LogP contribution in [0.3, 0.4) is 0 Å². The van der Waals surface area contributed by atoms with Crippen LogP contribution >= 0.6 is 0 Å². The van der Waals surface area contributed by atoms with Gasteiger partial charge in [-0.15, -0.1) is 0 Å². The van der Waals surface area contributed by atoms with Gasteiger partial charge in [-0.3, -0.25) is 4.79 Å². The van der Waals surface area contributed by atoms with Gasteiger partial charge in [-0.1, -0.05) is 0 Å². The Balaban J connectivity index is 1.75. The summed E-state index contributed by atoms with van der Waals surface area (Å²) in [7, 11) is -0.353. The minimum atomic E-state index is -3.60. The van der Waals surface area contributed by atoms with Gasteiger partial charge in [0.25, 0.3) is 5.56 Å². The van der Waals surface area contributed by atoms with Gasteiger partial charge in [0.15, 0.2) is 0 Å². The number of pyridine rings is 1. The molecule has 1 aliphatic heterocycles. The first kappa shape index (κ1) is 19.4. The summed E-state index contributed by atoms with van der Waals surface area (Å²) in [6.45, 7) is 4.27. The summed E-state index contributed by atoms with van der Waals surface area (Å²) in [6.07, 6.45) is 0.286. The molecule has 1 aromatic carbocycles.